The number of thiophene rings is 1. The number of amides is 1. The number of nitrogens with zero attached hydrogens (tertiary/aromatic N) is 2. The largest absolute Gasteiger partial charge is 0.489 e. The van der Waals surface area contributed by atoms with Crippen molar-refractivity contribution in [1.29, 1.82) is 0 Å². The number of nitrogens with one attached hydrogen (secondary N) is 1. The van der Waals surface area contributed by atoms with Gasteiger partial charge in [-0.2, -0.15) is 5.10 Å². The topological polar surface area (TPSA) is 56.2 Å². The van der Waals surface area contributed by atoms with Crippen LogP contribution in [0.2, 0.25) is 5.02 Å². The number of benzene rings is 2. The quantitative estimate of drug-likeness (QED) is 0.382. The van der Waals surface area contributed by atoms with Gasteiger partial charge in [-0.05, 0) is 53.4 Å². The smallest absolute Gasteiger partial charge is 0.266 e. The molecular formula is C22H16ClF2N3O2S. The molecule has 9 heteroatoms. The fraction of sp³-hybridized carbons (Fsp3) is 0.0909. The number of aromatic nitrogens is 2. The Kier molecular flexibility index (Phi) is 6.29. The fourth-order valence-corrected chi connectivity index (χ4v) is 3.77. The molecule has 158 valence electrons. The lowest BCUT2D eigenvalue weighted by atomic mass is 10.2. The van der Waals surface area contributed by atoms with E-state index in [0.717, 1.165) is 11.1 Å². The Morgan fingerprint density at radius 3 is 2.45 bits per heavy atom. The van der Waals surface area contributed by atoms with E-state index in [2.05, 4.69) is 10.4 Å². The lowest BCUT2D eigenvalue weighted by Crippen LogP contribution is -2.11. The van der Waals surface area contributed by atoms with Gasteiger partial charge in [-0.3, -0.25) is 9.48 Å². The highest BCUT2D eigenvalue weighted by Gasteiger charge is 2.15. The highest BCUT2D eigenvalue weighted by molar-refractivity contribution is 7.12. The molecule has 0 aliphatic carbocycles. The summed E-state index contributed by atoms with van der Waals surface area (Å²) in [6.45, 7) is 0.641. The number of rotatable bonds is 7. The van der Waals surface area contributed by atoms with Crippen molar-refractivity contribution in [3.63, 3.8) is 0 Å². The molecule has 1 amide bonds. The van der Waals surface area contributed by atoms with Crippen LogP contribution in [-0.4, -0.2) is 15.7 Å². The number of hydrogen-bond donors (Lipinski definition) is 1. The zero-order valence-corrected chi connectivity index (χ0v) is 17.6. The molecule has 2 heterocycles. The molecule has 0 aliphatic heterocycles. The van der Waals surface area contributed by atoms with Gasteiger partial charge in [0.05, 0.1) is 11.4 Å². The number of anilines is 1. The molecule has 0 fully saturated rings. The highest BCUT2D eigenvalue weighted by atomic mass is 35.5. The zero-order valence-electron chi connectivity index (χ0n) is 16.0. The summed E-state index contributed by atoms with van der Waals surface area (Å²) >= 11 is 7.47. The van der Waals surface area contributed by atoms with Gasteiger partial charge in [0.1, 0.15) is 29.0 Å². The van der Waals surface area contributed by atoms with Crippen LogP contribution in [0.5, 0.6) is 5.75 Å². The molecule has 31 heavy (non-hydrogen) atoms. The van der Waals surface area contributed by atoms with Crippen molar-refractivity contribution in [2.24, 2.45) is 0 Å². The first kappa shape index (κ1) is 21.0. The number of carbonyl (C=O) groups is 1. The second-order valence-corrected chi connectivity index (χ2v) is 7.98. The average Bonchev–Trinajstić information content (AvgIpc) is 3.36. The molecule has 0 atom stereocenters. The van der Waals surface area contributed by atoms with Gasteiger partial charge >= 0.3 is 0 Å². The Labute approximate surface area is 185 Å². The zero-order chi connectivity index (χ0) is 21.8. The van der Waals surface area contributed by atoms with Crippen molar-refractivity contribution < 1.29 is 18.3 Å². The van der Waals surface area contributed by atoms with Gasteiger partial charge in [-0.25, -0.2) is 8.78 Å². The van der Waals surface area contributed by atoms with Crippen LogP contribution in [0.4, 0.5) is 14.6 Å². The number of halogens is 3. The molecule has 2 aromatic carbocycles. The minimum Gasteiger partial charge on any atom is -0.489 e. The Bertz CT molecular complexity index is 1190. The summed E-state index contributed by atoms with van der Waals surface area (Å²) in [5.41, 5.74) is 1.66. The van der Waals surface area contributed by atoms with Crippen LogP contribution in [0.15, 0.2) is 66.2 Å². The summed E-state index contributed by atoms with van der Waals surface area (Å²) in [4.78, 5) is 13.0. The third-order valence-corrected chi connectivity index (χ3v) is 5.56. The van der Waals surface area contributed by atoms with Gasteiger partial charge in [0, 0.05) is 11.8 Å². The van der Waals surface area contributed by atoms with Crippen molar-refractivity contribution >= 4 is 34.7 Å². The van der Waals surface area contributed by atoms with E-state index in [0.29, 0.717) is 22.2 Å². The summed E-state index contributed by atoms with van der Waals surface area (Å²) in [5, 5.41) is 9.10. The van der Waals surface area contributed by atoms with Crippen molar-refractivity contribution in [2.75, 3.05) is 5.32 Å². The van der Waals surface area contributed by atoms with E-state index in [1.165, 1.54) is 35.6 Å². The molecule has 1 N–H and O–H groups in total. The summed E-state index contributed by atoms with van der Waals surface area (Å²) in [6, 6.07) is 13.5. The third-order valence-electron chi connectivity index (χ3n) is 4.30. The van der Waals surface area contributed by atoms with Crippen molar-refractivity contribution in [3.8, 4) is 5.75 Å². The van der Waals surface area contributed by atoms with Gasteiger partial charge < -0.3 is 10.1 Å². The summed E-state index contributed by atoms with van der Waals surface area (Å²) < 4.78 is 33.1. The van der Waals surface area contributed by atoms with Crippen LogP contribution in [-0.2, 0) is 13.2 Å². The van der Waals surface area contributed by atoms with Crippen LogP contribution in [0.25, 0.3) is 0 Å². The lowest BCUT2D eigenvalue weighted by Gasteiger charge is -2.04. The van der Waals surface area contributed by atoms with E-state index in [9.17, 15) is 13.6 Å². The Balaban J connectivity index is 1.36. The molecule has 0 saturated heterocycles. The first-order valence-corrected chi connectivity index (χ1v) is 10.5. The average molecular weight is 460 g/mol. The van der Waals surface area contributed by atoms with E-state index in [1.807, 2.05) is 5.38 Å². The molecule has 0 unspecified atom stereocenters. The Morgan fingerprint density at radius 2 is 1.74 bits per heavy atom. The van der Waals surface area contributed by atoms with Gasteiger partial charge in [0.25, 0.3) is 5.91 Å². The van der Waals surface area contributed by atoms with E-state index >= 15 is 0 Å². The van der Waals surface area contributed by atoms with Gasteiger partial charge in [0.15, 0.2) is 5.82 Å². The van der Waals surface area contributed by atoms with E-state index < -0.39 is 0 Å². The van der Waals surface area contributed by atoms with Crippen LogP contribution in [0.3, 0.4) is 0 Å². The maximum Gasteiger partial charge on any atom is 0.266 e. The van der Waals surface area contributed by atoms with Crippen molar-refractivity contribution in [2.45, 2.75) is 13.2 Å². The van der Waals surface area contributed by atoms with Crippen molar-refractivity contribution in [1.82, 2.24) is 9.78 Å². The first-order valence-electron chi connectivity index (χ1n) is 9.21. The molecule has 2 aromatic heterocycles. The Hall–Kier alpha value is -3.23. The minimum absolute atomic E-state index is 0.242. The molecular weight excluding hydrogens is 444 g/mol. The monoisotopic (exact) mass is 459 g/mol. The molecule has 4 rings (SSSR count). The van der Waals surface area contributed by atoms with Crippen molar-refractivity contribution in [3.05, 3.63) is 98.8 Å². The maximum atomic E-state index is 13.0. The third kappa shape index (κ3) is 5.48. The standard InChI is InChI=1S/C22H16ClF2N3O2S/c23-19-11-28(10-14-1-3-16(24)4-2-14)27-21(19)26-22(29)20-9-15(13-31-20)12-30-18-7-5-17(25)6-8-18/h1-9,11,13H,10,12H2,(H,26,27,29). The minimum atomic E-state index is -0.341. The number of hydrogen-bond acceptors (Lipinski definition) is 4. The molecule has 0 bridgehead atoms. The molecule has 0 radical (unpaired) electrons. The second-order valence-electron chi connectivity index (χ2n) is 6.67. The SMILES string of the molecule is O=C(Nc1nn(Cc2ccc(F)cc2)cc1Cl)c1cc(COc2ccc(F)cc2)cs1. The number of ether oxygens (including phenoxy) is 1. The first-order chi connectivity index (χ1) is 15.0. The van der Waals surface area contributed by atoms with Crippen LogP contribution < -0.4 is 10.1 Å². The van der Waals surface area contributed by atoms with Gasteiger partial charge in [-0.15, -0.1) is 11.3 Å². The summed E-state index contributed by atoms with van der Waals surface area (Å²) in [6.07, 6.45) is 1.59. The van der Waals surface area contributed by atoms with Gasteiger partial charge in [-0.1, -0.05) is 23.7 Å². The summed E-state index contributed by atoms with van der Waals surface area (Å²) in [5.74, 6) is -0.204. The molecule has 0 saturated carbocycles. The second kappa shape index (κ2) is 9.28. The molecule has 4 aromatic rings. The fourth-order valence-electron chi connectivity index (χ4n) is 2.78. The molecule has 0 spiro atoms. The number of carbonyl (C=O) groups excluding carboxylic acids is 1. The van der Waals surface area contributed by atoms with E-state index in [4.69, 9.17) is 16.3 Å². The lowest BCUT2D eigenvalue weighted by molar-refractivity contribution is 0.103. The predicted octanol–water partition coefficient (Wildman–Crippen LogP) is 5.76. The van der Waals surface area contributed by atoms with Crippen LogP contribution in [0, 0.1) is 11.6 Å². The molecule has 5 nitrogen and oxygen atoms in total. The van der Waals surface area contributed by atoms with Crippen LogP contribution >= 0.6 is 22.9 Å². The normalized spacial score (nSPS) is 10.8. The summed E-state index contributed by atoms with van der Waals surface area (Å²) in [7, 11) is 0. The van der Waals surface area contributed by atoms with Gasteiger partial charge in [0.2, 0.25) is 0 Å². The molecule has 0 aliphatic rings. The maximum absolute atomic E-state index is 13.0. The Morgan fingerprint density at radius 1 is 1.06 bits per heavy atom. The highest BCUT2D eigenvalue weighted by Crippen LogP contribution is 2.23. The van der Waals surface area contributed by atoms with Crippen LogP contribution in [0.1, 0.15) is 20.8 Å². The van der Waals surface area contributed by atoms with E-state index in [-0.39, 0.29) is 30.0 Å². The van der Waals surface area contributed by atoms with E-state index in [1.54, 1.807) is 41.2 Å². The predicted molar refractivity (Wildman–Crippen MR) is 116 cm³/mol.